The Morgan fingerprint density at radius 1 is 1.04 bits per heavy atom. The van der Waals surface area contributed by atoms with E-state index in [1.54, 1.807) is 13.1 Å². The van der Waals surface area contributed by atoms with Gasteiger partial charge in [-0.25, -0.2) is 8.42 Å². The molecule has 1 aliphatic rings. The van der Waals surface area contributed by atoms with E-state index in [9.17, 15) is 8.42 Å². The van der Waals surface area contributed by atoms with Gasteiger partial charge in [0.2, 0.25) is 10.0 Å². The molecule has 6 nitrogen and oxygen atoms in total. The lowest BCUT2D eigenvalue weighted by molar-refractivity contribution is 0.171. The summed E-state index contributed by atoms with van der Waals surface area (Å²) in [6, 6.07) is 12.1. The Labute approximate surface area is 148 Å². The first-order valence-electron chi connectivity index (χ1n) is 8.08. The first kappa shape index (κ1) is 17.6. The highest BCUT2D eigenvalue weighted by Crippen LogP contribution is 2.33. The van der Waals surface area contributed by atoms with Crippen LogP contribution in [-0.4, -0.2) is 39.6 Å². The van der Waals surface area contributed by atoms with Crippen LogP contribution in [0.2, 0.25) is 0 Å². The standard InChI is InChI=1S/C18H21NO5S/c1-3-22-15-6-4-14(5-7-15)13-19(2)25(20,21)16-8-9-17-18(12-16)24-11-10-23-17/h4-9,12H,3,10-11,13H2,1-2H3. The predicted octanol–water partition coefficient (Wildman–Crippen LogP) is 2.68. The minimum Gasteiger partial charge on any atom is -0.494 e. The molecule has 0 aromatic heterocycles. The van der Waals surface area contributed by atoms with Crippen LogP contribution in [0.1, 0.15) is 12.5 Å². The number of hydrogen-bond acceptors (Lipinski definition) is 5. The molecule has 0 N–H and O–H groups in total. The Morgan fingerprint density at radius 3 is 2.40 bits per heavy atom. The van der Waals surface area contributed by atoms with Crippen molar-refractivity contribution in [3.05, 3.63) is 48.0 Å². The molecule has 3 rings (SSSR count). The van der Waals surface area contributed by atoms with E-state index in [1.165, 1.54) is 16.4 Å². The smallest absolute Gasteiger partial charge is 0.243 e. The van der Waals surface area contributed by atoms with Crippen LogP contribution in [-0.2, 0) is 16.6 Å². The molecule has 0 saturated carbocycles. The second-order valence-electron chi connectivity index (χ2n) is 5.64. The zero-order chi connectivity index (χ0) is 17.9. The zero-order valence-corrected chi connectivity index (χ0v) is 15.1. The maximum absolute atomic E-state index is 12.8. The molecule has 1 heterocycles. The number of fused-ring (bicyclic) bond motifs is 1. The van der Waals surface area contributed by atoms with Crippen molar-refractivity contribution in [2.24, 2.45) is 0 Å². The highest BCUT2D eigenvalue weighted by Gasteiger charge is 2.23. The van der Waals surface area contributed by atoms with Crippen molar-refractivity contribution in [3.63, 3.8) is 0 Å². The maximum atomic E-state index is 12.8. The lowest BCUT2D eigenvalue weighted by Crippen LogP contribution is -2.26. The molecule has 2 aromatic rings. The van der Waals surface area contributed by atoms with Crippen LogP contribution in [0.4, 0.5) is 0 Å². The van der Waals surface area contributed by atoms with E-state index < -0.39 is 10.0 Å². The third-order valence-electron chi connectivity index (χ3n) is 3.86. The summed E-state index contributed by atoms with van der Waals surface area (Å²) in [6.45, 7) is 3.66. The summed E-state index contributed by atoms with van der Waals surface area (Å²) in [5.41, 5.74) is 0.882. The first-order chi connectivity index (χ1) is 12.0. The Hall–Kier alpha value is -2.25. The quantitative estimate of drug-likeness (QED) is 0.789. The molecule has 0 atom stereocenters. The fourth-order valence-electron chi connectivity index (χ4n) is 2.56. The van der Waals surface area contributed by atoms with Gasteiger partial charge in [0, 0.05) is 19.7 Å². The van der Waals surface area contributed by atoms with Crippen LogP contribution in [0, 0.1) is 0 Å². The van der Waals surface area contributed by atoms with E-state index in [0.29, 0.717) is 31.3 Å². The maximum Gasteiger partial charge on any atom is 0.243 e. The molecule has 2 aromatic carbocycles. The van der Waals surface area contributed by atoms with Crippen LogP contribution in [0.25, 0.3) is 0 Å². The molecule has 7 heteroatoms. The SMILES string of the molecule is CCOc1ccc(CN(C)S(=O)(=O)c2ccc3c(c2)OCCO3)cc1. The Morgan fingerprint density at radius 2 is 1.72 bits per heavy atom. The van der Waals surface area contributed by atoms with Crippen LogP contribution < -0.4 is 14.2 Å². The van der Waals surface area contributed by atoms with Crippen LogP contribution in [0.5, 0.6) is 17.2 Å². The number of benzene rings is 2. The Kier molecular flexibility index (Phi) is 5.15. The van der Waals surface area contributed by atoms with Gasteiger partial charge in [0.15, 0.2) is 11.5 Å². The average molecular weight is 363 g/mol. The third kappa shape index (κ3) is 3.88. The summed E-state index contributed by atoms with van der Waals surface area (Å²) in [5.74, 6) is 1.80. The topological polar surface area (TPSA) is 65.1 Å². The fourth-order valence-corrected chi connectivity index (χ4v) is 3.74. The summed E-state index contributed by atoms with van der Waals surface area (Å²) >= 11 is 0. The molecule has 0 fully saturated rings. The molecule has 0 spiro atoms. The van der Waals surface area contributed by atoms with E-state index in [4.69, 9.17) is 14.2 Å². The first-order valence-corrected chi connectivity index (χ1v) is 9.52. The van der Waals surface area contributed by atoms with Crippen LogP contribution in [0.3, 0.4) is 0 Å². The summed E-state index contributed by atoms with van der Waals surface area (Å²) in [4.78, 5) is 0.185. The Bertz CT molecular complexity index is 833. The van der Waals surface area contributed by atoms with Gasteiger partial charge in [-0.1, -0.05) is 12.1 Å². The highest BCUT2D eigenvalue weighted by molar-refractivity contribution is 7.89. The highest BCUT2D eigenvalue weighted by atomic mass is 32.2. The molecule has 0 bridgehead atoms. The predicted molar refractivity (Wildman–Crippen MR) is 93.7 cm³/mol. The number of nitrogens with zero attached hydrogens (tertiary/aromatic N) is 1. The van der Waals surface area contributed by atoms with Gasteiger partial charge in [-0.15, -0.1) is 0 Å². The molecular weight excluding hydrogens is 342 g/mol. The van der Waals surface area contributed by atoms with Gasteiger partial charge in [0.1, 0.15) is 19.0 Å². The van der Waals surface area contributed by atoms with Gasteiger partial charge in [0.05, 0.1) is 11.5 Å². The van der Waals surface area contributed by atoms with Crippen LogP contribution in [0.15, 0.2) is 47.4 Å². The third-order valence-corrected chi connectivity index (χ3v) is 5.66. The minimum absolute atomic E-state index is 0.185. The molecule has 1 aliphatic heterocycles. The van der Waals surface area contributed by atoms with Crippen molar-refractivity contribution in [2.45, 2.75) is 18.4 Å². The molecule has 134 valence electrons. The summed E-state index contributed by atoms with van der Waals surface area (Å²) in [6.07, 6.45) is 0. The van der Waals surface area contributed by atoms with Gasteiger partial charge < -0.3 is 14.2 Å². The normalized spacial score (nSPS) is 13.7. The number of rotatable bonds is 6. The van der Waals surface area contributed by atoms with Crippen molar-refractivity contribution >= 4 is 10.0 Å². The van der Waals surface area contributed by atoms with E-state index in [1.807, 2.05) is 31.2 Å². The van der Waals surface area contributed by atoms with Crippen LogP contribution >= 0.6 is 0 Å². The molecule has 0 aliphatic carbocycles. The lowest BCUT2D eigenvalue weighted by Gasteiger charge is -2.21. The lowest BCUT2D eigenvalue weighted by atomic mass is 10.2. The number of sulfonamides is 1. The Balaban J connectivity index is 1.77. The molecule has 0 unspecified atom stereocenters. The van der Waals surface area contributed by atoms with Crippen molar-refractivity contribution < 1.29 is 22.6 Å². The number of ether oxygens (including phenoxy) is 3. The fraction of sp³-hybridized carbons (Fsp3) is 0.333. The molecule has 0 amide bonds. The van der Waals surface area contributed by atoms with E-state index in [2.05, 4.69) is 0 Å². The minimum atomic E-state index is -3.62. The molecule has 0 radical (unpaired) electrons. The van der Waals surface area contributed by atoms with Crippen molar-refractivity contribution in [1.82, 2.24) is 4.31 Å². The largest absolute Gasteiger partial charge is 0.494 e. The number of hydrogen-bond donors (Lipinski definition) is 0. The second-order valence-corrected chi connectivity index (χ2v) is 7.69. The molecular formula is C18H21NO5S. The second kappa shape index (κ2) is 7.33. The van der Waals surface area contributed by atoms with Gasteiger partial charge in [-0.2, -0.15) is 4.31 Å². The zero-order valence-electron chi connectivity index (χ0n) is 14.3. The van der Waals surface area contributed by atoms with E-state index in [0.717, 1.165) is 11.3 Å². The average Bonchev–Trinajstić information content (AvgIpc) is 2.63. The van der Waals surface area contributed by atoms with Gasteiger partial charge >= 0.3 is 0 Å². The summed E-state index contributed by atoms with van der Waals surface area (Å²) in [7, 11) is -2.07. The van der Waals surface area contributed by atoms with E-state index in [-0.39, 0.29) is 11.4 Å². The van der Waals surface area contributed by atoms with E-state index >= 15 is 0 Å². The molecule has 0 saturated heterocycles. The molecule has 25 heavy (non-hydrogen) atoms. The van der Waals surface area contributed by atoms with Crippen molar-refractivity contribution in [2.75, 3.05) is 26.9 Å². The monoisotopic (exact) mass is 363 g/mol. The van der Waals surface area contributed by atoms with Gasteiger partial charge in [-0.05, 0) is 36.8 Å². The van der Waals surface area contributed by atoms with Crippen molar-refractivity contribution in [1.29, 1.82) is 0 Å². The van der Waals surface area contributed by atoms with Crippen molar-refractivity contribution in [3.8, 4) is 17.2 Å². The summed E-state index contributed by atoms with van der Waals surface area (Å²) in [5, 5.41) is 0. The van der Waals surface area contributed by atoms with Gasteiger partial charge in [-0.3, -0.25) is 0 Å². The van der Waals surface area contributed by atoms with Gasteiger partial charge in [0.25, 0.3) is 0 Å². The summed E-state index contributed by atoms with van der Waals surface area (Å²) < 4.78 is 43.2.